The first-order valence-corrected chi connectivity index (χ1v) is 8.74. The highest BCUT2D eigenvalue weighted by molar-refractivity contribution is 9.10. The monoisotopic (exact) mass is 422 g/mol. The SMILES string of the molecule is Cc1ccc2ccccc2c1C(Br)c1ccc(Br)c(Cl)c1. The van der Waals surface area contributed by atoms with Gasteiger partial charge in [0.1, 0.15) is 0 Å². The molecule has 3 rings (SSSR count). The number of rotatable bonds is 2. The first-order valence-electron chi connectivity index (χ1n) is 6.65. The lowest BCUT2D eigenvalue weighted by atomic mass is 9.94. The summed E-state index contributed by atoms with van der Waals surface area (Å²) in [7, 11) is 0. The van der Waals surface area contributed by atoms with Crippen LogP contribution in [0, 0.1) is 6.92 Å². The molecule has 0 aliphatic carbocycles. The highest BCUT2D eigenvalue weighted by Gasteiger charge is 2.16. The maximum Gasteiger partial charge on any atom is 0.0653 e. The van der Waals surface area contributed by atoms with Gasteiger partial charge >= 0.3 is 0 Å². The Bertz CT molecular complexity index is 811. The summed E-state index contributed by atoms with van der Waals surface area (Å²) in [6.07, 6.45) is 0. The van der Waals surface area contributed by atoms with E-state index in [0.29, 0.717) is 0 Å². The van der Waals surface area contributed by atoms with Crippen molar-refractivity contribution in [1.29, 1.82) is 0 Å². The molecular formula is C18H13Br2Cl. The average Bonchev–Trinajstić information content (AvgIpc) is 2.49. The zero-order valence-electron chi connectivity index (χ0n) is 11.4. The summed E-state index contributed by atoms with van der Waals surface area (Å²) in [6.45, 7) is 2.15. The highest BCUT2D eigenvalue weighted by Crippen LogP contribution is 2.39. The first-order chi connectivity index (χ1) is 10.1. The molecule has 0 saturated heterocycles. The second-order valence-corrected chi connectivity index (χ2v) is 7.23. The van der Waals surface area contributed by atoms with Crippen molar-refractivity contribution in [2.75, 3.05) is 0 Å². The van der Waals surface area contributed by atoms with E-state index in [1.165, 1.54) is 21.9 Å². The summed E-state index contributed by atoms with van der Waals surface area (Å²) < 4.78 is 0.919. The summed E-state index contributed by atoms with van der Waals surface area (Å²) in [5.41, 5.74) is 3.73. The smallest absolute Gasteiger partial charge is 0.0653 e. The van der Waals surface area contributed by atoms with E-state index in [4.69, 9.17) is 11.6 Å². The quantitative estimate of drug-likeness (QED) is 0.387. The van der Waals surface area contributed by atoms with Crippen LogP contribution < -0.4 is 0 Å². The van der Waals surface area contributed by atoms with Crippen molar-refractivity contribution < 1.29 is 0 Å². The molecule has 21 heavy (non-hydrogen) atoms. The van der Waals surface area contributed by atoms with Gasteiger partial charge in [0.05, 0.1) is 9.85 Å². The third kappa shape index (κ3) is 2.90. The minimum atomic E-state index is 0.120. The van der Waals surface area contributed by atoms with E-state index in [-0.39, 0.29) is 4.83 Å². The molecular weight excluding hydrogens is 411 g/mol. The molecule has 0 fully saturated rings. The highest BCUT2D eigenvalue weighted by atomic mass is 79.9. The van der Waals surface area contributed by atoms with Gasteiger partial charge in [-0.15, -0.1) is 0 Å². The average molecular weight is 425 g/mol. The molecule has 0 aromatic heterocycles. The molecule has 0 bridgehead atoms. The van der Waals surface area contributed by atoms with Crippen LogP contribution in [0.5, 0.6) is 0 Å². The van der Waals surface area contributed by atoms with Crippen LogP contribution >= 0.6 is 43.5 Å². The Balaban J connectivity index is 2.19. The standard InChI is InChI=1S/C18H13Br2Cl/c1-11-6-7-12-4-2-3-5-14(12)17(11)18(20)13-8-9-15(19)16(21)10-13/h2-10,18H,1H3. The number of alkyl halides is 1. The number of hydrogen-bond acceptors (Lipinski definition) is 0. The van der Waals surface area contributed by atoms with Crippen LogP contribution in [0.1, 0.15) is 21.5 Å². The Labute approximate surface area is 146 Å². The van der Waals surface area contributed by atoms with Crippen molar-refractivity contribution in [1.82, 2.24) is 0 Å². The second kappa shape index (κ2) is 6.12. The van der Waals surface area contributed by atoms with Crippen molar-refractivity contribution in [3.63, 3.8) is 0 Å². The molecule has 1 atom stereocenters. The van der Waals surface area contributed by atoms with Crippen LogP contribution in [0.4, 0.5) is 0 Å². The van der Waals surface area contributed by atoms with Crippen molar-refractivity contribution >= 4 is 54.2 Å². The molecule has 3 heteroatoms. The van der Waals surface area contributed by atoms with E-state index in [0.717, 1.165) is 15.1 Å². The molecule has 0 heterocycles. The third-order valence-corrected chi connectivity index (χ3v) is 5.90. The molecule has 0 amide bonds. The van der Waals surface area contributed by atoms with Crippen LogP contribution in [-0.2, 0) is 0 Å². The zero-order valence-corrected chi connectivity index (χ0v) is 15.3. The molecule has 3 aromatic rings. The molecule has 106 valence electrons. The van der Waals surface area contributed by atoms with Crippen LogP contribution in [-0.4, -0.2) is 0 Å². The van der Waals surface area contributed by atoms with Gasteiger partial charge in [0.15, 0.2) is 0 Å². The van der Waals surface area contributed by atoms with Gasteiger partial charge < -0.3 is 0 Å². The third-order valence-electron chi connectivity index (χ3n) is 3.68. The van der Waals surface area contributed by atoms with E-state index in [1.807, 2.05) is 12.1 Å². The molecule has 3 aromatic carbocycles. The molecule has 1 unspecified atom stereocenters. The van der Waals surface area contributed by atoms with Gasteiger partial charge in [-0.2, -0.15) is 0 Å². The predicted octanol–water partition coefficient (Wildman–Crippen LogP) is 7.05. The van der Waals surface area contributed by atoms with Gasteiger partial charge in [-0.05, 0) is 62.4 Å². The number of halogens is 3. The Morgan fingerprint density at radius 1 is 1.00 bits per heavy atom. The molecule has 0 radical (unpaired) electrons. The van der Waals surface area contributed by atoms with E-state index in [2.05, 4.69) is 81.2 Å². The van der Waals surface area contributed by atoms with E-state index in [9.17, 15) is 0 Å². The number of aryl methyl sites for hydroxylation is 1. The Morgan fingerprint density at radius 3 is 2.52 bits per heavy atom. The van der Waals surface area contributed by atoms with Gasteiger partial charge in [0, 0.05) is 4.47 Å². The van der Waals surface area contributed by atoms with Crippen LogP contribution in [0.2, 0.25) is 5.02 Å². The van der Waals surface area contributed by atoms with Gasteiger partial charge in [-0.3, -0.25) is 0 Å². The van der Waals surface area contributed by atoms with Crippen molar-refractivity contribution in [2.45, 2.75) is 11.8 Å². The van der Waals surface area contributed by atoms with Crippen LogP contribution in [0.15, 0.2) is 59.1 Å². The van der Waals surface area contributed by atoms with Gasteiger partial charge in [-0.1, -0.05) is 70.0 Å². The predicted molar refractivity (Wildman–Crippen MR) is 98.6 cm³/mol. The Morgan fingerprint density at radius 2 is 1.76 bits per heavy atom. The lowest BCUT2D eigenvalue weighted by Gasteiger charge is -2.17. The molecule has 0 aliphatic rings. The van der Waals surface area contributed by atoms with Crippen molar-refractivity contribution in [2.24, 2.45) is 0 Å². The van der Waals surface area contributed by atoms with Gasteiger partial charge in [0.25, 0.3) is 0 Å². The molecule has 0 spiro atoms. The molecule has 0 N–H and O–H groups in total. The number of fused-ring (bicyclic) bond motifs is 1. The van der Waals surface area contributed by atoms with E-state index in [1.54, 1.807) is 0 Å². The van der Waals surface area contributed by atoms with Gasteiger partial charge in [0.2, 0.25) is 0 Å². The summed E-state index contributed by atoms with van der Waals surface area (Å²) in [5.74, 6) is 0. The molecule has 0 nitrogen and oxygen atoms in total. The number of hydrogen-bond donors (Lipinski definition) is 0. The van der Waals surface area contributed by atoms with E-state index >= 15 is 0 Å². The fourth-order valence-electron chi connectivity index (χ4n) is 2.58. The molecule has 0 aliphatic heterocycles. The minimum Gasteiger partial charge on any atom is -0.0831 e. The fraction of sp³-hybridized carbons (Fsp3) is 0.111. The first kappa shape index (κ1) is 15.1. The summed E-state index contributed by atoms with van der Waals surface area (Å²) in [6, 6.07) is 18.9. The lowest BCUT2D eigenvalue weighted by Crippen LogP contribution is -1.97. The lowest BCUT2D eigenvalue weighted by molar-refractivity contribution is 1.16. The maximum absolute atomic E-state index is 6.24. The zero-order chi connectivity index (χ0) is 15.0. The minimum absolute atomic E-state index is 0.120. The van der Waals surface area contributed by atoms with Gasteiger partial charge in [-0.25, -0.2) is 0 Å². The second-order valence-electron chi connectivity index (χ2n) is 5.05. The summed E-state index contributed by atoms with van der Waals surface area (Å²) in [4.78, 5) is 0.120. The fourth-order valence-corrected chi connectivity index (χ4v) is 3.91. The largest absolute Gasteiger partial charge is 0.0831 e. The number of benzene rings is 3. The topological polar surface area (TPSA) is 0 Å². The Kier molecular flexibility index (Phi) is 4.39. The van der Waals surface area contributed by atoms with E-state index < -0.39 is 0 Å². The Hall–Kier alpha value is -0.830. The molecule has 0 saturated carbocycles. The van der Waals surface area contributed by atoms with Crippen molar-refractivity contribution in [3.8, 4) is 0 Å². The van der Waals surface area contributed by atoms with Crippen molar-refractivity contribution in [3.05, 3.63) is 80.8 Å². The summed E-state index contributed by atoms with van der Waals surface area (Å²) >= 11 is 13.5. The van der Waals surface area contributed by atoms with Crippen LogP contribution in [0.25, 0.3) is 10.8 Å². The van der Waals surface area contributed by atoms with Crippen LogP contribution in [0.3, 0.4) is 0 Å². The normalized spacial score (nSPS) is 12.6. The summed E-state index contributed by atoms with van der Waals surface area (Å²) in [5, 5.41) is 3.26. The maximum atomic E-state index is 6.24.